The van der Waals surface area contributed by atoms with Gasteiger partial charge in [-0.3, -0.25) is 4.68 Å². The third-order valence-corrected chi connectivity index (χ3v) is 2.68. The molecule has 0 amide bonds. The molecule has 0 atom stereocenters. The monoisotopic (exact) mass is 312 g/mol. The summed E-state index contributed by atoms with van der Waals surface area (Å²) in [7, 11) is 0.852. The van der Waals surface area contributed by atoms with Gasteiger partial charge < -0.3 is 0 Å². The number of alkyl halides is 6. The molecule has 0 fully saturated rings. The molecule has 0 bridgehead atoms. The Bertz CT molecular complexity index is 542. The molecule has 0 aromatic carbocycles. The van der Waals surface area contributed by atoms with E-state index in [4.69, 9.17) is 0 Å². The van der Waals surface area contributed by atoms with E-state index in [2.05, 4.69) is 16.9 Å². The highest BCUT2D eigenvalue weighted by atomic mass is 19.4. The van der Waals surface area contributed by atoms with Gasteiger partial charge in [-0.15, -0.1) is 11.8 Å². The predicted octanol–water partition coefficient (Wildman–Crippen LogP) is 4.19. The lowest BCUT2D eigenvalue weighted by Gasteiger charge is -2.10. The summed E-state index contributed by atoms with van der Waals surface area (Å²) in [4.78, 5) is 0. The standard InChI is InChI=1S/C13H14F6N2/c1-3-4-5-6-7-8-9-10(12(14,15)16)20-21(2)11(9)13(17,18)19/h3-4,7-8H2,1-2H3. The fourth-order valence-corrected chi connectivity index (χ4v) is 1.88. The zero-order valence-corrected chi connectivity index (χ0v) is 11.5. The highest BCUT2D eigenvalue weighted by Crippen LogP contribution is 2.39. The minimum Gasteiger partial charge on any atom is -0.263 e. The Balaban J connectivity index is 3.17. The summed E-state index contributed by atoms with van der Waals surface area (Å²) in [6.45, 7) is 1.87. The maximum Gasteiger partial charge on any atom is 0.435 e. The number of rotatable bonds is 3. The van der Waals surface area contributed by atoms with E-state index in [1.54, 1.807) is 0 Å². The smallest absolute Gasteiger partial charge is 0.263 e. The quantitative estimate of drug-likeness (QED) is 0.604. The van der Waals surface area contributed by atoms with Gasteiger partial charge in [0.25, 0.3) is 0 Å². The van der Waals surface area contributed by atoms with E-state index in [9.17, 15) is 26.3 Å². The first-order chi connectivity index (χ1) is 9.59. The van der Waals surface area contributed by atoms with E-state index in [1.807, 2.05) is 6.92 Å². The van der Waals surface area contributed by atoms with Gasteiger partial charge >= 0.3 is 12.4 Å². The van der Waals surface area contributed by atoms with E-state index < -0.39 is 35.7 Å². The molecule has 2 nitrogen and oxygen atoms in total. The van der Waals surface area contributed by atoms with Crippen LogP contribution in [0.5, 0.6) is 0 Å². The van der Waals surface area contributed by atoms with Gasteiger partial charge in [0.2, 0.25) is 0 Å². The summed E-state index contributed by atoms with van der Waals surface area (Å²) in [5.74, 6) is 5.27. The average molecular weight is 312 g/mol. The number of nitrogens with zero attached hydrogens (tertiary/aromatic N) is 2. The third-order valence-electron chi connectivity index (χ3n) is 2.68. The molecule has 0 aliphatic carbocycles. The van der Waals surface area contributed by atoms with Crippen molar-refractivity contribution in [2.24, 2.45) is 7.05 Å². The molecule has 0 unspecified atom stereocenters. The first kappa shape index (κ1) is 17.4. The number of unbranched alkanes of at least 4 members (excludes halogenated alkanes) is 1. The van der Waals surface area contributed by atoms with Gasteiger partial charge in [-0.1, -0.05) is 6.92 Å². The first-order valence-corrected chi connectivity index (χ1v) is 6.25. The van der Waals surface area contributed by atoms with Crippen molar-refractivity contribution in [3.05, 3.63) is 17.0 Å². The second kappa shape index (κ2) is 6.41. The van der Waals surface area contributed by atoms with Crippen LogP contribution in [0.3, 0.4) is 0 Å². The van der Waals surface area contributed by atoms with Crippen molar-refractivity contribution >= 4 is 0 Å². The molecule has 0 N–H and O–H groups in total. The van der Waals surface area contributed by atoms with Crippen molar-refractivity contribution in [1.82, 2.24) is 9.78 Å². The third kappa shape index (κ3) is 4.41. The Hall–Kier alpha value is -1.65. The minimum absolute atomic E-state index is 0.0716. The first-order valence-electron chi connectivity index (χ1n) is 6.25. The zero-order chi connectivity index (χ0) is 16.3. The highest BCUT2D eigenvalue weighted by molar-refractivity contribution is 5.31. The predicted molar refractivity (Wildman–Crippen MR) is 64.2 cm³/mol. The summed E-state index contributed by atoms with van der Waals surface area (Å²) in [6, 6.07) is 0. The second-order valence-electron chi connectivity index (χ2n) is 4.40. The van der Waals surface area contributed by atoms with E-state index in [1.165, 1.54) is 0 Å². The van der Waals surface area contributed by atoms with Crippen molar-refractivity contribution in [1.29, 1.82) is 0 Å². The molecule has 0 aliphatic rings. The van der Waals surface area contributed by atoms with Gasteiger partial charge in [0.1, 0.15) is 5.69 Å². The van der Waals surface area contributed by atoms with Gasteiger partial charge in [-0.2, -0.15) is 31.4 Å². The molecule has 0 saturated carbocycles. The van der Waals surface area contributed by atoms with E-state index >= 15 is 0 Å². The molecule has 1 aromatic heterocycles. The molecular weight excluding hydrogens is 298 g/mol. The SMILES string of the molecule is CCCC#CCCc1c(C(F)(F)F)nn(C)c1C(F)(F)F. The maximum absolute atomic E-state index is 12.9. The van der Waals surface area contributed by atoms with Crippen molar-refractivity contribution in [2.45, 2.75) is 45.0 Å². The summed E-state index contributed by atoms with van der Waals surface area (Å²) in [5.41, 5.74) is -3.70. The van der Waals surface area contributed by atoms with Crippen molar-refractivity contribution in [2.75, 3.05) is 0 Å². The fraction of sp³-hybridized carbons (Fsp3) is 0.615. The molecule has 21 heavy (non-hydrogen) atoms. The molecule has 1 rings (SSSR count). The Labute approximate surface area is 118 Å². The minimum atomic E-state index is -4.92. The van der Waals surface area contributed by atoms with E-state index in [0.29, 0.717) is 6.42 Å². The number of aromatic nitrogens is 2. The van der Waals surface area contributed by atoms with Gasteiger partial charge in [0.05, 0.1) is 0 Å². The van der Waals surface area contributed by atoms with Crippen LogP contribution in [0.15, 0.2) is 0 Å². The van der Waals surface area contributed by atoms with Crippen LogP contribution < -0.4 is 0 Å². The molecule has 8 heteroatoms. The van der Waals surface area contributed by atoms with Gasteiger partial charge in [-0.05, 0) is 12.8 Å². The van der Waals surface area contributed by atoms with E-state index in [-0.39, 0.29) is 11.1 Å². The summed E-state index contributed by atoms with van der Waals surface area (Å²) in [6.07, 6.45) is -8.98. The van der Waals surface area contributed by atoms with Crippen LogP contribution in [0.25, 0.3) is 0 Å². The number of hydrogen-bond acceptors (Lipinski definition) is 1. The Morgan fingerprint density at radius 2 is 1.57 bits per heavy atom. The summed E-state index contributed by atoms with van der Waals surface area (Å²) >= 11 is 0. The molecular formula is C13H14F6N2. The second-order valence-corrected chi connectivity index (χ2v) is 4.40. The van der Waals surface area contributed by atoms with Crippen LogP contribution in [0.2, 0.25) is 0 Å². The molecule has 0 aliphatic heterocycles. The Kier molecular flexibility index (Phi) is 5.31. The van der Waals surface area contributed by atoms with Crippen LogP contribution in [0, 0.1) is 11.8 Å². The van der Waals surface area contributed by atoms with Crippen LogP contribution in [0.1, 0.15) is 43.1 Å². The topological polar surface area (TPSA) is 17.8 Å². The molecule has 1 heterocycles. The molecule has 118 valence electrons. The lowest BCUT2D eigenvalue weighted by Crippen LogP contribution is -2.14. The zero-order valence-electron chi connectivity index (χ0n) is 11.5. The highest BCUT2D eigenvalue weighted by Gasteiger charge is 2.45. The van der Waals surface area contributed by atoms with Gasteiger partial charge in [0.15, 0.2) is 5.69 Å². The molecule has 0 radical (unpaired) electrons. The maximum atomic E-state index is 12.9. The van der Waals surface area contributed by atoms with E-state index in [0.717, 1.165) is 13.5 Å². The Morgan fingerprint density at radius 3 is 2.05 bits per heavy atom. The van der Waals surface area contributed by atoms with Crippen molar-refractivity contribution < 1.29 is 26.3 Å². The van der Waals surface area contributed by atoms with Crippen LogP contribution in [-0.4, -0.2) is 9.78 Å². The summed E-state index contributed by atoms with van der Waals surface area (Å²) < 4.78 is 77.2. The molecule has 1 aromatic rings. The lowest BCUT2D eigenvalue weighted by molar-refractivity contribution is -0.145. The average Bonchev–Trinajstić information content (AvgIpc) is 2.65. The van der Waals surface area contributed by atoms with Crippen LogP contribution >= 0.6 is 0 Å². The van der Waals surface area contributed by atoms with Crippen LogP contribution in [-0.2, 0) is 25.8 Å². The lowest BCUT2D eigenvalue weighted by atomic mass is 10.1. The molecule has 0 saturated heterocycles. The number of hydrogen-bond donors (Lipinski definition) is 0. The fourth-order valence-electron chi connectivity index (χ4n) is 1.88. The molecule has 0 spiro atoms. The number of halogens is 6. The van der Waals surface area contributed by atoms with Crippen LogP contribution in [0.4, 0.5) is 26.3 Å². The number of aryl methyl sites for hydroxylation is 1. The van der Waals surface area contributed by atoms with Crippen molar-refractivity contribution in [3.63, 3.8) is 0 Å². The van der Waals surface area contributed by atoms with Crippen molar-refractivity contribution in [3.8, 4) is 11.8 Å². The largest absolute Gasteiger partial charge is 0.435 e. The normalized spacial score (nSPS) is 12.2. The van der Waals surface area contributed by atoms with Gasteiger partial charge in [0, 0.05) is 25.5 Å². The van der Waals surface area contributed by atoms with Gasteiger partial charge in [-0.25, -0.2) is 0 Å². The summed E-state index contributed by atoms with van der Waals surface area (Å²) in [5, 5.41) is 2.99. The Morgan fingerprint density at radius 1 is 1.00 bits per heavy atom.